The number of amides is 1. The molecule has 2 aromatic heterocycles. The molecule has 1 amide bonds. The van der Waals surface area contributed by atoms with Crippen LogP contribution in [0.25, 0.3) is 10.9 Å². The number of hydrogen-bond donors (Lipinski definition) is 1. The Balaban J connectivity index is 1.66. The van der Waals surface area contributed by atoms with Crippen LogP contribution < -0.4 is 10.1 Å². The van der Waals surface area contributed by atoms with Crippen LogP contribution in [0.3, 0.4) is 0 Å². The number of nitrogens with one attached hydrogen (secondary N) is 1. The van der Waals surface area contributed by atoms with Gasteiger partial charge in [-0.3, -0.25) is 14.5 Å². The number of carbonyl (C=O) groups is 1. The third-order valence-electron chi connectivity index (χ3n) is 3.69. The van der Waals surface area contributed by atoms with Gasteiger partial charge in [-0.1, -0.05) is 0 Å². The Morgan fingerprint density at radius 3 is 2.62 bits per heavy atom. The fourth-order valence-corrected chi connectivity index (χ4v) is 2.40. The maximum absolute atomic E-state index is 12.5. The van der Waals surface area contributed by atoms with Gasteiger partial charge in [0.15, 0.2) is 0 Å². The number of hydrogen-bond acceptors (Lipinski definition) is 4. The number of halogens is 3. The lowest BCUT2D eigenvalue weighted by Crippen LogP contribution is -2.19. The average Bonchev–Trinajstić information content (AvgIpc) is 3.03. The van der Waals surface area contributed by atoms with Crippen LogP contribution in [0.15, 0.2) is 42.7 Å². The van der Waals surface area contributed by atoms with Crippen molar-refractivity contribution in [1.29, 1.82) is 0 Å². The van der Waals surface area contributed by atoms with Crippen molar-refractivity contribution in [2.45, 2.75) is 12.7 Å². The first-order chi connectivity index (χ1) is 12.4. The molecule has 0 unspecified atom stereocenters. The Hall–Kier alpha value is -3.10. The summed E-state index contributed by atoms with van der Waals surface area (Å²) in [4.78, 5) is 15.9. The molecule has 0 spiro atoms. The number of carbonyl (C=O) groups excluding carboxylic acids is 1. The highest BCUT2D eigenvalue weighted by Gasteiger charge is 2.30. The largest absolute Gasteiger partial charge is 0.492 e. The molecule has 26 heavy (non-hydrogen) atoms. The average molecular weight is 364 g/mol. The minimum absolute atomic E-state index is 0.210. The smallest absolute Gasteiger partial charge is 0.416 e. The monoisotopic (exact) mass is 364 g/mol. The van der Waals surface area contributed by atoms with E-state index in [2.05, 4.69) is 15.4 Å². The molecule has 0 saturated carbocycles. The van der Waals surface area contributed by atoms with Crippen molar-refractivity contribution in [1.82, 2.24) is 20.1 Å². The summed E-state index contributed by atoms with van der Waals surface area (Å²) in [5, 5.41) is 7.47. The van der Waals surface area contributed by atoms with Crippen LogP contribution in [0.1, 0.15) is 16.1 Å². The SMILES string of the molecule is CNC(=O)c1nccc2nn(CCOc3ccc(C(F)(F)F)cc3)cc12. The van der Waals surface area contributed by atoms with Gasteiger partial charge in [-0.2, -0.15) is 18.3 Å². The first-order valence-corrected chi connectivity index (χ1v) is 7.73. The molecule has 0 fully saturated rings. The number of ether oxygens (including phenoxy) is 1. The predicted octanol–water partition coefficient (Wildman–Crippen LogP) is 2.89. The molecule has 136 valence electrons. The van der Waals surface area contributed by atoms with Crippen molar-refractivity contribution >= 4 is 16.8 Å². The summed E-state index contributed by atoms with van der Waals surface area (Å²) >= 11 is 0. The first-order valence-electron chi connectivity index (χ1n) is 7.73. The van der Waals surface area contributed by atoms with Gasteiger partial charge in [-0.25, -0.2) is 0 Å². The van der Waals surface area contributed by atoms with Crippen LogP contribution in [0.5, 0.6) is 5.75 Å². The van der Waals surface area contributed by atoms with E-state index in [-0.39, 0.29) is 18.2 Å². The van der Waals surface area contributed by atoms with Crippen LogP contribution in [0, 0.1) is 0 Å². The molecule has 2 heterocycles. The van der Waals surface area contributed by atoms with Crippen LogP contribution in [-0.2, 0) is 12.7 Å². The second-order valence-corrected chi connectivity index (χ2v) is 5.43. The van der Waals surface area contributed by atoms with Crippen LogP contribution in [-0.4, -0.2) is 34.3 Å². The quantitative estimate of drug-likeness (QED) is 0.756. The van der Waals surface area contributed by atoms with E-state index in [1.165, 1.54) is 25.4 Å². The van der Waals surface area contributed by atoms with Gasteiger partial charge in [-0.15, -0.1) is 0 Å². The maximum Gasteiger partial charge on any atom is 0.416 e. The molecule has 0 aliphatic heterocycles. The Kier molecular flexibility index (Phi) is 4.79. The molecule has 9 heteroatoms. The van der Waals surface area contributed by atoms with E-state index in [1.54, 1.807) is 16.9 Å². The Labute approximate surface area is 146 Å². The van der Waals surface area contributed by atoms with E-state index in [4.69, 9.17) is 4.74 Å². The van der Waals surface area contributed by atoms with Crippen LogP contribution >= 0.6 is 0 Å². The van der Waals surface area contributed by atoms with Gasteiger partial charge in [0, 0.05) is 19.4 Å². The van der Waals surface area contributed by atoms with Gasteiger partial charge < -0.3 is 10.1 Å². The minimum atomic E-state index is -4.37. The second kappa shape index (κ2) is 7.03. The third-order valence-corrected chi connectivity index (χ3v) is 3.69. The zero-order chi connectivity index (χ0) is 18.7. The van der Waals surface area contributed by atoms with Crippen molar-refractivity contribution in [3.8, 4) is 5.75 Å². The summed E-state index contributed by atoms with van der Waals surface area (Å²) in [6, 6.07) is 6.18. The zero-order valence-corrected chi connectivity index (χ0v) is 13.7. The summed E-state index contributed by atoms with van der Waals surface area (Å²) in [5.74, 6) is 0.0265. The number of rotatable bonds is 5. The van der Waals surface area contributed by atoms with E-state index < -0.39 is 11.7 Å². The van der Waals surface area contributed by atoms with E-state index in [9.17, 15) is 18.0 Å². The number of alkyl halides is 3. The molecule has 0 bridgehead atoms. The van der Waals surface area contributed by atoms with E-state index in [1.807, 2.05) is 0 Å². The second-order valence-electron chi connectivity index (χ2n) is 5.43. The van der Waals surface area contributed by atoms with E-state index in [0.29, 0.717) is 23.2 Å². The molecular weight excluding hydrogens is 349 g/mol. The topological polar surface area (TPSA) is 69.0 Å². The minimum Gasteiger partial charge on any atom is -0.492 e. The fraction of sp³-hybridized carbons (Fsp3) is 0.235. The zero-order valence-electron chi connectivity index (χ0n) is 13.7. The summed E-state index contributed by atoms with van der Waals surface area (Å²) < 4.78 is 44.6. The molecule has 0 radical (unpaired) electrons. The molecule has 3 aromatic rings. The Morgan fingerprint density at radius 1 is 1.23 bits per heavy atom. The number of aromatic nitrogens is 3. The molecule has 1 N–H and O–H groups in total. The fourth-order valence-electron chi connectivity index (χ4n) is 2.40. The number of nitrogens with zero attached hydrogens (tertiary/aromatic N) is 3. The lowest BCUT2D eigenvalue weighted by Gasteiger charge is -2.09. The van der Waals surface area contributed by atoms with Crippen molar-refractivity contribution in [3.63, 3.8) is 0 Å². The van der Waals surface area contributed by atoms with Gasteiger partial charge in [-0.05, 0) is 30.3 Å². The predicted molar refractivity (Wildman–Crippen MR) is 87.9 cm³/mol. The van der Waals surface area contributed by atoms with E-state index >= 15 is 0 Å². The van der Waals surface area contributed by atoms with Crippen LogP contribution in [0.4, 0.5) is 13.2 Å². The van der Waals surface area contributed by atoms with E-state index in [0.717, 1.165) is 12.1 Å². The Morgan fingerprint density at radius 2 is 1.96 bits per heavy atom. The summed E-state index contributed by atoms with van der Waals surface area (Å²) in [6.07, 6.45) is -1.18. The lowest BCUT2D eigenvalue weighted by atomic mass is 10.2. The highest BCUT2D eigenvalue weighted by atomic mass is 19.4. The Bertz CT molecular complexity index is 920. The number of fused-ring (bicyclic) bond motifs is 1. The summed E-state index contributed by atoms with van der Waals surface area (Å²) in [5.41, 5.74) is 0.172. The summed E-state index contributed by atoms with van der Waals surface area (Å²) in [6.45, 7) is 0.574. The van der Waals surface area contributed by atoms with Gasteiger partial charge in [0.1, 0.15) is 18.1 Å². The standard InChI is InChI=1S/C17H15F3N4O2/c1-21-16(25)15-13-10-24(23-14(13)6-7-22-15)8-9-26-12-4-2-11(3-5-12)17(18,19)20/h2-7,10H,8-9H2,1H3,(H,21,25). The number of pyridine rings is 1. The molecular formula is C17H15F3N4O2. The normalized spacial score (nSPS) is 11.5. The molecule has 0 saturated heterocycles. The van der Waals surface area contributed by atoms with Crippen molar-refractivity contribution in [2.24, 2.45) is 0 Å². The highest BCUT2D eigenvalue weighted by Crippen LogP contribution is 2.30. The third kappa shape index (κ3) is 3.76. The number of benzene rings is 1. The van der Waals surface area contributed by atoms with Crippen LogP contribution in [0.2, 0.25) is 0 Å². The molecule has 0 aliphatic carbocycles. The van der Waals surface area contributed by atoms with Gasteiger partial charge in [0.2, 0.25) is 0 Å². The van der Waals surface area contributed by atoms with Crippen molar-refractivity contribution in [3.05, 3.63) is 54.0 Å². The molecule has 0 aliphatic rings. The van der Waals surface area contributed by atoms with Crippen molar-refractivity contribution < 1.29 is 22.7 Å². The van der Waals surface area contributed by atoms with Gasteiger partial charge >= 0.3 is 6.18 Å². The van der Waals surface area contributed by atoms with Gasteiger partial charge in [0.05, 0.1) is 23.0 Å². The maximum atomic E-state index is 12.5. The van der Waals surface area contributed by atoms with Gasteiger partial charge in [0.25, 0.3) is 5.91 Å². The van der Waals surface area contributed by atoms with Crippen molar-refractivity contribution in [2.75, 3.05) is 13.7 Å². The lowest BCUT2D eigenvalue weighted by molar-refractivity contribution is -0.137. The summed E-state index contributed by atoms with van der Waals surface area (Å²) in [7, 11) is 1.52. The molecule has 3 rings (SSSR count). The highest BCUT2D eigenvalue weighted by molar-refractivity contribution is 6.03. The molecule has 0 atom stereocenters. The molecule has 1 aromatic carbocycles. The first kappa shape index (κ1) is 17.7. The molecule has 6 nitrogen and oxygen atoms in total.